The second-order valence-corrected chi connectivity index (χ2v) is 9.58. The van der Waals surface area contributed by atoms with Crippen molar-refractivity contribution in [2.45, 2.75) is 31.7 Å². The van der Waals surface area contributed by atoms with Crippen LogP contribution in [0.2, 0.25) is 0 Å². The molecular formula is C28H25F2N3O3. The maximum atomic E-state index is 14.8. The van der Waals surface area contributed by atoms with Crippen molar-refractivity contribution in [3.63, 3.8) is 0 Å². The first kappa shape index (κ1) is 22.7. The quantitative estimate of drug-likeness (QED) is 0.348. The smallest absolute Gasteiger partial charge is 0.256 e. The van der Waals surface area contributed by atoms with Gasteiger partial charge in [0, 0.05) is 18.8 Å². The Balaban J connectivity index is 1.40. The summed E-state index contributed by atoms with van der Waals surface area (Å²) >= 11 is 0. The van der Waals surface area contributed by atoms with Crippen LogP contribution in [-0.2, 0) is 0 Å². The lowest BCUT2D eigenvalue weighted by Crippen LogP contribution is -2.32. The van der Waals surface area contributed by atoms with Crippen molar-refractivity contribution in [3.05, 3.63) is 76.1 Å². The van der Waals surface area contributed by atoms with E-state index in [-0.39, 0.29) is 22.2 Å². The highest BCUT2D eigenvalue weighted by Crippen LogP contribution is 2.43. The van der Waals surface area contributed by atoms with E-state index in [0.717, 1.165) is 42.6 Å². The monoisotopic (exact) mass is 489 g/mol. The van der Waals surface area contributed by atoms with Gasteiger partial charge in [-0.05, 0) is 68.2 Å². The number of halogens is 2. The van der Waals surface area contributed by atoms with E-state index in [1.807, 2.05) is 30.3 Å². The number of carbonyl (C=O) groups excluding carboxylic acids is 1. The minimum absolute atomic E-state index is 0.0995. The van der Waals surface area contributed by atoms with E-state index >= 15 is 0 Å². The fraction of sp³-hybridized carbons (Fsp3) is 0.286. The Morgan fingerprint density at radius 2 is 1.94 bits per heavy atom. The van der Waals surface area contributed by atoms with E-state index in [2.05, 4.69) is 17.3 Å². The molecule has 6 rings (SSSR count). The summed E-state index contributed by atoms with van der Waals surface area (Å²) in [5, 5.41) is 4.49. The summed E-state index contributed by atoms with van der Waals surface area (Å²) in [6.45, 7) is 1.52. The zero-order chi connectivity index (χ0) is 25.0. The number of nitrogens with zero attached hydrogens (tertiary/aromatic N) is 2. The van der Waals surface area contributed by atoms with E-state index in [4.69, 9.17) is 4.74 Å². The zero-order valence-corrected chi connectivity index (χ0v) is 19.8. The SMILES string of the molecule is CN1CCCC1CCCNC(=O)c1cn2c3c(c(F)c(F)cc3c1=O)Oc1cc3ccccc3cc1-2. The number of pyridine rings is 1. The largest absolute Gasteiger partial charge is 0.450 e. The van der Waals surface area contributed by atoms with Gasteiger partial charge in [0.05, 0.1) is 11.1 Å². The molecule has 2 aliphatic rings. The van der Waals surface area contributed by atoms with Gasteiger partial charge in [0.25, 0.3) is 5.91 Å². The number of carbonyl (C=O) groups is 1. The molecule has 6 nitrogen and oxygen atoms in total. The van der Waals surface area contributed by atoms with E-state index < -0.39 is 23.0 Å². The highest BCUT2D eigenvalue weighted by molar-refractivity contribution is 6.00. The third kappa shape index (κ3) is 3.64. The lowest BCUT2D eigenvalue weighted by molar-refractivity contribution is 0.0950. The Morgan fingerprint density at radius 1 is 1.17 bits per heavy atom. The third-order valence-corrected chi connectivity index (χ3v) is 7.35. The van der Waals surface area contributed by atoms with Crippen LogP contribution in [0.25, 0.3) is 27.4 Å². The van der Waals surface area contributed by atoms with Crippen molar-refractivity contribution in [2.24, 2.45) is 0 Å². The number of hydrogen-bond donors (Lipinski definition) is 1. The summed E-state index contributed by atoms with van der Waals surface area (Å²) in [7, 11) is 2.11. The van der Waals surface area contributed by atoms with Crippen molar-refractivity contribution in [3.8, 4) is 17.2 Å². The van der Waals surface area contributed by atoms with Crippen molar-refractivity contribution in [1.82, 2.24) is 14.8 Å². The van der Waals surface area contributed by atoms with Crippen LogP contribution in [0.15, 0.2) is 53.5 Å². The Bertz CT molecular complexity index is 1600. The molecule has 0 bridgehead atoms. The topological polar surface area (TPSA) is 63.6 Å². The maximum absolute atomic E-state index is 14.8. The molecule has 3 aromatic carbocycles. The molecule has 3 heterocycles. The number of likely N-dealkylation sites (tertiary alicyclic amines) is 1. The molecule has 0 spiro atoms. The van der Waals surface area contributed by atoms with Gasteiger partial charge in [-0.2, -0.15) is 4.39 Å². The maximum Gasteiger partial charge on any atom is 0.256 e. The summed E-state index contributed by atoms with van der Waals surface area (Å²) < 4.78 is 36.7. The van der Waals surface area contributed by atoms with Crippen molar-refractivity contribution >= 4 is 27.6 Å². The molecule has 4 aromatic rings. The Kier molecular flexibility index (Phi) is 5.48. The van der Waals surface area contributed by atoms with Gasteiger partial charge in [0.1, 0.15) is 11.1 Å². The van der Waals surface area contributed by atoms with Crippen molar-refractivity contribution in [1.29, 1.82) is 0 Å². The molecule has 0 aliphatic carbocycles. The van der Waals surface area contributed by atoms with Gasteiger partial charge in [-0.25, -0.2) is 4.39 Å². The molecule has 2 aliphatic heterocycles. The normalized spacial score (nSPS) is 16.8. The first-order chi connectivity index (χ1) is 17.4. The number of aromatic nitrogens is 1. The number of ether oxygens (including phenoxy) is 1. The number of amides is 1. The number of fused-ring (bicyclic) bond motifs is 3. The molecule has 1 fully saturated rings. The summed E-state index contributed by atoms with van der Waals surface area (Å²) in [5.41, 5.74) is -0.154. The van der Waals surface area contributed by atoms with Gasteiger partial charge in [-0.3, -0.25) is 9.59 Å². The minimum Gasteiger partial charge on any atom is -0.450 e. The van der Waals surface area contributed by atoms with Crippen LogP contribution in [0.5, 0.6) is 11.5 Å². The molecule has 0 saturated carbocycles. The lowest BCUT2D eigenvalue weighted by Gasteiger charge is -2.25. The molecule has 1 N–H and O–H groups in total. The van der Waals surface area contributed by atoms with Crippen LogP contribution in [0, 0.1) is 11.6 Å². The standard InChI is InChI=1S/C28H25F2N3O3/c1-32-11-5-9-18(32)8-4-10-31-28(35)20-15-33-22-12-16-6-2-3-7-17(16)13-23(22)36-27-24(30)21(29)14-19(25(27)33)26(20)34/h2-3,6-7,12-15,18H,4-5,8-11H2,1H3,(H,31,35). The fourth-order valence-electron chi connectivity index (χ4n) is 5.41. The van der Waals surface area contributed by atoms with Crippen LogP contribution in [0.3, 0.4) is 0 Å². The first-order valence-electron chi connectivity index (χ1n) is 12.2. The molecule has 0 radical (unpaired) electrons. The average Bonchev–Trinajstić information content (AvgIpc) is 3.29. The molecule has 8 heteroatoms. The highest BCUT2D eigenvalue weighted by Gasteiger charge is 2.29. The number of benzene rings is 3. The molecule has 1 amide bonds. The fourth-order valence-corrected chi connectivity index (χ4v) is 5.41. The number of hydrogen-bond acceptors (Lipinski definition) is 4. The first-order valence-corrected chi connectivity index (χ1v) is 12.2. The number of nitrogens with one attached hydrogen (secondary N) is 1. The van der Waals surface area contributed by atoms with Crippen molar-refractivity contribution in [2.75, 3.05) is 20.1 Å². The highest BCUT2D eigenvalue weighted by atomic mass is 19.2. The van der Waals surface area contributed by atoms with Crippen LogP contribution in [0.1, 0.15) is 36.0 Å². The molecule has 1 saturated heterocycles. The van der Waals surface area contributed by atoms with Gasteiger partial charge in [0.2, 0.25) is 11.2 Å². The second-order valence-electron chi connectivity index (χ2n) is 9.58. The average molecular weight is 490 g/mol. The van der Waals surface area contributed by atoms with E-state index in [9.17, 15) is 18.4 Å². The van der Waals surface area contributed by atoms with E-state index in [0.29, 0.717) is 24.0 Å². The Hall–Kier alpha value is -3.78. The molecule has 1 aromatic heterocycles. The van der Waals surface area contributed by atoms with Crippen molar-refractivity contribution < 1.29 is 18.3 Å². The van der Waals surface area contributed by atoms with E-state index in [1.54, 1.807) is 10.6 Å². The summed E-state index contributed by atoms with van der Waals surface area (Å²) in [4.78, 5) is 28.7. The number of rotatable bonds is 5. The summed E-state index contributed by atoms with van der Waals surface area (Å²) in [6, 6.07) is 12.5. The van der Waals surface area contributed by atoms with Gasteiger partial charge in [0.15, 0.2) is 17.3 Å². The van der Waals surface area contributed by atoms with Crippen LogP contribution in [-0.4, -0.2) is 41.6 Å². The third-order valence-electron chi connectivity index (χ3n) is 7.35. The Labute approximate surface area is 206 Å². The summed E-state index contributed by atoms with van der Waals surface area (Å²) in [6.07, 6.45) is 5.49. The molecule has 36 heavy (non-hydrogen) atoms. The molecular weight excluding hydrogens is 464 g/mol. The predicted octanol–water partition coefficient (Wildman–Crippen LogP) is 5.13. The minimum atomic E-state index is -1.20. The van der Waals surface area contributed by atoms with Gasteiger partial charge in [-0.15, -0.1) is 0 Å². The molecule has 1 unspecified atom stereocenters. The Morgan fingerprint density at radius 3 is 2.69 bits per heavy atom. The zero-order valence-electron chi connectivity index (χ0n) is 19.8. The lowest BCUT2D eigenvalue weighted by atomic mass is 10.0. The van der Waals surface area contributed by atoms with Crippen LogP contribution >= 0.6 is 0 Å². The predicted molar refractivity (Wildman–Crippen MR) is 134 cm³/mol. The van der Waals surface area contributed by atoms with Crippen LogP contribution in [0.4, 0.5) is 8.78 Å². The molecule has 1 atom stereocenters. The van der Waals surface area contributed by atoms with E-state index in [1.165, 1.54) is 12.6 Å². The molecule has 184 valence electrons. The van der Waals surface area contributed by atoms with Gasteiger partial charge in [-0.1, -0.05) is 24.3 Å². The van der Waals surface area contributed by atoms with Gasteiger partial charge >= 0.3 is 0 Å². The second kappa shape index (κ2) is 8.71. The van der Waals surface area contributed by atoms with Crippen LogP contribution < -0.4 is 15.5 Å². The summed E-state index contributed by atoms with van der Waals surface area (Å²) in [5.74, 6) is -2.97. The van der Waals surface area contributed by atoms with Gasteiger partial charge < -0.3 is 19.5 Å².